The number of aromatic hydroxyl groups is 1. The van der Waals surface area contributed by atoms with Crippen LogP contribution in [0.25, 0.3) is 22.1 Å². The molecule has 3 aromatic rings. The number of fused-ring (bicyclic) bond motifs is 2. The zero-order chi connectivity index (χ0) is 16.0. The molecule has 0 atom stereocenters. The van der Waals surface area contributed by atoms with Crippen LogP contribution in [0.4, 0.5) is 0 Å². The highest BCUT2D eigenvalue weighted by Gasteiger charge is 2.17. The highest BCUT2D eigenvalue weighted by Crippen LogP contribution is 2.36. The zero-order valence-electron chi connectivity index (χ0n) is 12.5. The molecule has 5 nitrogen and oxygen atoms in total. The summed E-state index contributed by atoms with van der Waals surface area (Å²) in [6, 6.07) is 10.2. The maximum Gasteiger partial charge on any atom is 0.344 e. The minimum Gasteiger partial charge on any atom is -0.508 e. The lowest BCUT2D eigenvalue weighted by molar-refractivity contribution is 0.171. The topological polar surface area (TPSA) is 68.9 Å². The maximum atomic E-state index is 12.4. The van der Waals surface area contributed by atoms with Gasteiger partial charge in [-0.2, -0.15) is 0 Å². The monoisotopic (exact) mass is 310 g/mol. The second-order valence-corrected chi connectivity index (χ2v) is 5.43. The van der Waals surface area contributed by atoms with Gasteiger partial charge in [-0.15, -0.1) is 0 Å². The summed E-state index contributed by atoms with van der Waals surface area (Å²) in [6.45, 7) is 2.87. The number of benzene rings is 2. The minimum atomic E-state index is -0.447. The lowest BCUT2D eigenvalue weighted by atomic mass is 9.99. The van der Waals surface area contributed by atoms with E-state index >= 15 is 0 Å². The van der Waals surface area contributed by atoms with Gasteiger partial charge in [0.05, 0.1) is 5.56 Å². The Hall–Kier alpha value is -2.95. The molecule has 4 rings (SSSR count). The third-order valence-electron chi connectivity index (χ3n) is 3.98. The van der Waals surface area contributed by atoms with Crippen molar-refractivity contribution in [2.75, 3.05) is 13.2 Å². The summed E-state index contributed by atoms with van der Waals surface area (Å²) in [4.78, 5) is 12.4. The molecule has 0 saturated carbocycles. The Morgan fingerprint density at radius 1 is 1.00 bits per heavy atom. The molecule has 116 valence electrons. The van der Waals surface area contributed by atoms with Gasteiger partial charge in [0.15, 0.2) is 11.5 Å². The average molecular weight is 310 g/mol. The fourth-order valence-corrected chi connectivity index (χ4v) is 2.88. The van der Waals surface area contributed by atoms with Crippen molar-refractivity contribution in [3.8, 4) is 28.4 Å². The Bertz CT molecular complexity index is 971. The summed E-state index contributed by atoms with van der Waals surface area (Å²) in [5.74, 6) is 1.36. The molecule has 0 radical (unpaired) electrons. The number of phenolic OH excluding ortho intramolecular Hbond substituents is 1. The van der Waals surface area contributed by atoms with E-state index in [1.165, 1.54) is 6.07 Å². The summed E-state index contributed by atoms with van der Waals surface area (Å²) in [7, 11) is 0. The van der Waals surface area contributed by atoms with E-state index < -0.39 is 5.63 Å². The molecular formula is C18H14O5. The molecule has 1 aliphatic heterocycles. The summed E-state index contributed by atoms with van der Waals surface area (Å²) >= 11 is 0. The fraction of sp³-hybridized carbons (Fsp3) is 0.167. The molecule has 2 heterocycles. The third kappa shape index (κ3) is 2.21. The van der Waals surface area contributed by atoms with Gasteiger partial charge in [-0.1, -0.05) is 6.07 Å². The number of hydrogen-bond acceptors (Lipinski definition) is 5. The summed E-state index contributed by atoms with van der Waals surface area (Å²) in [5, 5.41) is 10.3. The standard InChI is InChI=1S/C18H14O5/c1-10-13-4-3-12(19)9-15(13)23-18(20)17(10)11-2-5-14-16(8-11)22-7-6-21-14/h2-5,8-9,19H,6-7H2,1H3. The molecule has 23 heavy (non-hydrogen) atoms. The van der Waals surface area contributed by atoms with Gasteiger partial charge >= 0.3 is 5.63 Å². The van der Waals surface area contributed by atoms with Gasteiger partial charge in [0.1, 0.15) is 24.5 Å². The van der Waals surface area contributed by atoms with Crippen molar-refractivity contribution in [1.82, 2.24) is 0 Å². The van der Waals surface area contributed by atoms with Crippen LogP contribution in [0.2, 0.25) is 0 Å². The molecule has 2 aromatic carbocycles. The second kappa shape index (κ2) is 5.05. The molecule has 5 heteroatoms. The average Bonchev–Trinajstić information content (AvgIpc) is 2.54. The van der Waals surface area contributed by atoms with E-state index in [-0.39, 0.29) is 5.75 Å². The van der Waals surface area contributed by atoms with Crippen LogP contribution in [0.1, 0.15) is 5.56 Å². The molecule has 0 fully saturated rings. The molecular weight excluding hydrogens is 296 g/mol. The molecule has 0 spiro atoms. The van der Waals surface area contributed by atoms with Crippen LogP contribution in [0.5, 0.6) is 17.2 Å². The van der Waals surface area contributed by atoms with Gasteiger partial charge in [0.2, 0.25) is 0 Å². The molecule has 0 unspecified atom stereocenters. The van der Waals surface area contributed by atoms with E-state index in [9.17, 15) is 9.90 Å². The van der Waals surface area contributed by atoms with Gasteiger partial charge in [-0.25, -0.2) is 4.79 Å². The Morgan fingerprint density at radius 3 is 2.61 bits per heavy atom. The Balaban J connectivity index is 1.95. The molecule has 0 aliphatic carbocycles. The van der Waals surface area contributed by atoms with Crippen molar-refractivity contribution in [2.45, 2.75) is 6.92 Å². The van der Waals surface area contributed by atoms with E-state index in [0.29, 0.717) is 35.9 Å². The lowest BCUT2D eigenvalue weighted by Gasteiger charge is -2.19. The molecule has 1 N–H and O–H groups in total. The maximum absolute atomic E-state index is 12.4. The number of rotatable bonds is 1. The van der Waals surface area contributed by atoms with E-state index in [1.54, 1.807) is 24.3 Å². The molecule has 0 saturated heterocycles. The van der Waals surface area contributed by atoms with Crippen molar-refractivity contribution in [3.05, 3.63) is 52.4 Å². The lowest BCUT2D eigenvalue weighted by Crippen LogP contribution is -2.15. The Morgan fingerprint density at radius 2 is 1.78 bits per heavy atom. The van der Waals surface area contributed by atoms with E-state index in [4.69, 9.17) is 13.9 Å². The fourth-order valence-electron chi connectivity index (χ4n) is 2.88. The highest BCUT2D eigenvalue weighted by atomic mass is 16.6. The van der Waals surface area contributed by atoms with Crippen LogP contribution < -0.4 is 15.1 Å². The van der Waals surface area contributed by atoms with Crippen LogP contribution in [-0.2, 0) is 0 Å². The van der Waals surface area contributed by atoms with Crippen LogP contribution in [0.3, 0.4) is 0 Å². The number of hydrogen-bond donors (Lipinski definition) is 1. The van der Waals surface area contributed by atoms with Crippen LogP contribution >= 0.6 is 0 Å². The normalized spacial score (nSPS) is 13.3. The minimum absolute atomic E-state index is 0.0622. The van der Waals surface area contributed by atoms with Crippen molar-refractivity contribution in [1.29, 1.82) is 0 Å². The molecule has 0 amide bonds. The Labute approximate surface area is 131 Å². The summed E-state index contributed by atoms with van der Waals surface area (Å²) in [6.07, 6.45) is 0. The second-order valence-electron chi connectivity index (χ2n) is 5.43. The van der Waals surface area contributed by atoms with Crippen molar-refractivity contribution < 1.29 is 19.0 Å². The SMILES string of the molecule is Cc1c(-c2ccc3c(c2)OCCO3)c(=O)oc2cc(O)ccc12. The largest absolute Gasteiger partial charge is 0.508 e. The Kier molecular flexibility index (Phi) is 3.01. The smallest absolute Gasteiger partial charge is 0.344 e. The van der Waals surface area contributed by atoms with Crippen molar-refractivity contribution in [3.63, 3.8) is 0 Å². The van der Waals surface area contributed by atoms with Gasteiger partial charge in [-0.05, 0) is 42.3 Å². The molecule has 1 aromatic heterocycles. The van der Waals surface area contributed by atoms with Gasteiger partial charge in [0, 0.05) is 11.5 Å². The van der Waals surface area contributed by atoms with Crippen molar-refractivity contribution in [2.24, 2.45) is 0 Å². The van der Waals surface area contributed by atoms with Gasteiger partial charge in [0.25, 0.3) is 0 Å². The first kappa shape index (κ1) is 13.7. The van der Waals surface area contributed by atoms with Crippen LogP contribution in [0, 0.1) is 6.92 Å². The summed E-state index contributed by atoms with van der Waals surface area (Å²) < 4.78 is 16.4. The first-order valence-electron chi connectivity index (χ1n) is 7.30. The molecule has 1 aliphatic rings. The zero-order valence-corrected chi connectivity index (χ0v) is 12.5. The third-order valence-corrected chi connectivity index (χ3v) is 3.98. The number of aryl methyl sites for hydroxylation is 1. The van der Waals surface area contributed by atoms with E-state index in [1.807, 2.05) is 13.0 Å². The predicted octanol–water partition coefficient (Wildman–Crippen LogP) is 3.25. The van der Waals surface area contributed by atoms with Gasteiger partial charge in [-0.3, -0.25) is 0 Å². The van der Waals surface area contributed by atoms with Crippen LogP contribution in [0.15, 0.2) is 45.6 Å². The predicted molar refractivity (Wildman–Crippen MR) is 85.3 cm³/mol. The number of ether oxygens (including phenoxy) is 2. The quantitative estimate of drug-likeness (QED) is 0.699. The van der Waals surface area contributed by atoms with E-state index in [0.717, 1.165) is 16.5 Å². The molecule has 0 bridgehead atoms. The van der Waals surface area contributed by atoms with Gasteiger partial charge < -0.3 is 19.0 Å². The highest BCUT2D eigenvalue weighted by molar-refractivity contribution is 5.87. The van der Waals surface area contributed by atoms with Crippen LogP contribution in [-0.4, -0.2) is 18.3 Å². The first-order chi connectivity index (χ1) is 11.1. The number of phenols is 1. The van der Waals surface area contributed by atoms with E-state index in [2.05, 4.69) is 0 Å². The first-order valence-corrected chi connectivity index (χ1v) is 7.30. The van der Waals surface area contributed by atoms with Crippen molar-refractivity contribution >= 4 is 11.0 Å². The summed E-state index contributed by atoms with van der Waals surface area (Å²) in [5.41, 5.74) is 1.93.